The number of esters is 5. The number of hydrogen-bond acceptors (Lipinski definition) is 13. The molecule has 0 saturated carbocycles. The number of aldehydes is 1. The van der Waals surface area contributed by atoms with Gasteiger partial charge in [-0.25, -0.2) is 9.59 Å². The average molecular weight is 707 g/mol. The molecule has 1 aliphatic heterocycles. The first-order chi connectivity index (χ1) is 23.1. The molecule has 1 heterocycles. The van der Waals surface area contributed by atoms with E-state index in [-0.39, 0.29) is 32.3 Å². The third kappa shape index (κ3) is 23.1. The SMILES string of the molecule is CCCC.CCCC.CCCC.CCCCOC(=O)CC(O)(CC(=O)OC1(CCC)OC(=O)CC(O)(CC=O)C(=O)O1)C(=O)OCCCC. The molecule has 0 aromatic rings. The maximum absolute atomic E-state index is 12.9. The van der Waals surface area contributed by atoms with Gasteiger partial charge in [-0.2, -0.15) is 0 Å². The van der Waals surface area contributed by atoms with Gasteiger partial charge in [-0.05, 0) is 19.3 Å². The van der Waals surface area contributed by atoms with Gasteiger partial charge < -0.3 is 38.7 Å². The van der Waals surface area contributed by atoms with E-state index in [1.165, 1.54) is 38.5 Å². The topological polar surface area (TPSA) is 189 Å². The number of aliphatic hydroxyl groups is 2. The van der Waals surface area contributed by atoms with Crippen molar-refractivity contribution in [3.05, 3.63) is 0 Å². The molecule has 49 heavy (non-hydrogen) atoms. The van der Waals surface area contributed by atoms with Crippen LogP contribution < -0.4 is 0 Å². The van der Waals surface area contributed by atoms with Crippen molar-refractivity contribution in [1.82, 2.24) is 0 Å². The van der Waals surface area contributed by atoms with E-state index >= 15 is 0 Å². The summed E-state index contributed by atoms with van der Waals surface area (Å²) in [5, 5.41) is 21.3. The summed E-state index contributed by atoms with van der Waals surface area (Å²) in [6.07, 6.45) is 6.50. The Morgan fingerprint density at radius 3 is 1.63 bits per heavy atom. The van der Waals surface area contributed by atoms with E-state index in [0.29, 0.717) is 19.3 Å². The molecule has 13 heteroatoms. The van der Waals surface area contributed by atoms with Crippen molar-refractivity contribution in [3.63, 3.8) is 0 Å². The molecule has 0 amide bonds. The van der Waals surface area contributed by atoms with Crippen molar-refractivity contribution >= 4 is 36.1 Å². The Morgan fingerprint density at radius 1 is 0.735 bits per heavy atom. The van der Waals surface area contributed by atoms with Crippen LogP contribution in [0.15, 0.2) is 0 Å². The lowest BCUT2D eigenvalue weighted by molar-refractivity contribution is -0.331. The first kappa shape index (κ1) is 50.3. The molecule has 1 fully saturated rings. The Hall–Kier alpha value is -3.06. The number of cyclic esters (lactones) is 2. The molecular weight excluding hydrogens is 640 g/mol. The van der Waals surface area contributed by atoms with Gasteiger partial charge in [0.2, 0.25) is 0 Å². The zero-order valence-electron chi connectivity index (χ0n) is 31.7. The number of ether oxygens (including phenoxy) is 5. The summed E-state index contributed by atoms with van der Waals surface area (Å²) < 4.78 is 25.2. The zero-order chi connectivity index (χ0) is 38.4. The number of rotatable bonds is 19. The van der Waals surface area contributed by atoms with E-state index in [2.05, 4.69) is 41.5 Å². The lowest BCUT2D eigenvalue weighted by atomic mass is 9.95. The van der Waals surface area contributed by atoms with Gasteiger partial charge in [0.05, 0.1) is 38.9 Å². The third-order valence-corrected chi connectivity index (χ3v) is 6.83. The van der Waals surface area contributed by atoms with Crippen molar-refractivity contribution in [2.24, 2.45) is 0 Å². The standard InChI is InChI=1S/C24H36O13.3C4H10/c1-4-7-12-33-17(26)14-23(32,20(29)34-13-8-5-2)16-19(28)36-24(9-6-3)35-18(27)15-22(31,10-11-25)21(30)37-24;3*1-3-4-2/h11,31-32H,4-10,12-16H2,1-3H3;3*3-4H2,1-2H3. The molecule has 3 atom stereocenters. The number of carbonyl (C=O) groups excluding carboxylic acids is 6. The minimum Gasteiger partial charge on any atom is -0.466 e. The van der Waals surface area contributed by atoms with E-state index in [4.69, 9.17) is 23.7 Å². The van der Waals surface area contributed by atoms with Crippen LogP contribution in [0.2, 0.25) is 0 Å². The first-order valence-electron chi connectivity index (χ1n) is 18.0. The molecule has 0 spiro atoms. The quantitative estimate of drug-likeness (QED) is 0.0649. The Morgan fingerprint density at radius 2 is 1.20 bits per heavy atom. The van der Waals surface area contributed by atoms with Crippen LogP contribution in [0, 0.1) is 0 Å². The first-order valence-corrected chi connectivity index (χ1v) is 18.0. The Kier molecular flexibility index (Phi) is 30.6. The van der Waals surface area contributed by atoms with Crippen molar-refractivity contribution in [1.29, 1.82) is 0 Å². The van der Waals surface area contributed by atoms with Crippen molar-refractivity contribution < 1.29 is 62.7 Å². The molecule has 288 valence electrons. The monoisotopic (exact) mass is 706 g/mol. The summed E-state index contributed by atoms with van der Waals surface area (Å²) in [4.78, 5) is 73.4. The van der Waals surface area contributed by atoms with Gasteiger partial charge in [0, 0.05) is 6.42 Å². The highest BCUT2D eigenvalue weighted by atomic mass is 16.9. The maximum Gasteiger partial charge on any atom is 0.423 e. The van der Waals surface area contributed by atoms with Crippen molar-refractivity contribution in [3.8, 4) is 0 Å². The summed E-state index contributed by atoms with van der Waals surface area (Å²) in [6.45, 7) is 18.3. The van der Waals surface area contributed by atoms with E-state index in [1.807, 2.05) is 13.8 Å². The Bertz CT molecular complexity index is 922. The van der Waals surface area contributed by atoms with Crippen LogP contribution in [0.25, 0.3) is 0 Å². The second-order valence-corrected chi connectivity index (χ2v) is 11.8. The van der Waals surface area contributed by atoms with E-state index in [1.54, 1.807) is 6.92 Å². The molecule has 1 aliphatic rings. The zero-order valence-corrected chi connectivity index (χ0v) is 31.7. The molecule has 13 nitrogen and oxygen atoms in total. The molecule has 1 saturated heterocycles. The largest absolute Gasteiger partial charge is 0.466 e. The minimum absolute atomic E-state index is 0.0377. The molecule has 0 aromatic carbocycles. The predicted octanol–water partition coefficient (Wildman–Crippen LogP) is 6.41. The summed E-state index contributed by atoms with van der Waals surface area (Å²) in [5.41, 5.74) is -5.23. The Labute approximate surface area is 294 Å². The molecule has 2 N–H and O–H groups in total. The third-order valence-electron chi connectivity index (χ3n) is 6.83. The summed E-state index contributed by atoms with van der Waals surface area (Å²) in [6, 6.07) is 0. The van der Waals surface area contributed by atoms with Gasteiger partial charge in [-0.1, -0.05) is 114 Å². The second kappa shape index (κ2) is 29.8. The van der Waals surface area contributed by atoms with E-state index in [9.17, 15) is 39.0 Å². The summed E-state index contributed by atoms with van der Waals surface area (Å²) >= 11 is 0. The maximum atomic E-state index is 12.9. The van der Waals surface area contributed by atoms with Gasteiger partial charge in [0.1, 0.15) is 6.29 Å². The van der Waals surface area contributed by atoms with Gasteiger partial charge in [0.25, 0.3) is 0 Å². The highest BCUT2D eigenvalue weighted by Gasteiger charge is 2.54. The van der Waals surface area contributed by atoms with Crippen LogP contribution in [0.1, 0.15) is 165 Å². The number of hydrogen-bond donors (Lipinski definition) is 2. The normalized spacial score (nSPS) is 19.2. The van der Waals surface area contributed by atoms with Crippen LogP contribution in [0.5, 0.6) is 0 Å². The summed E-state index contributed by atoms with van der Waals surface area (Å²) in [7, 11) is 0. The van der Waals surface area contributed by atoms with Crippen LogP contribution in [0.4, 0.5) is 0 Å². The van der Waals surface area contributed by atoms with E-state index < -0.39 is 72.7 Å². The van der Waals surface area contributed by atoms with Gasteiger partial charge in [-0.15, -0.1) is 0 Å². The van der Waals surface area contributed by atoms with Gasteiger partial charge in [0.15, 0.2) is 11.2 Å². The van der Waals surface area contributed by atoms with Gasteiger partial charge in [-0.3, -0.25) is 14.4 Å². The smallest absolute Gasteiger partial charge is 0.423 e. The lowest BCUT2D eigenvalue weighted by Crippen LogP contribution is -2.49. The Balaban J connectivity index is -0.00000151. The fourth-order valence-electron chi connectivity index (χ4n) is 3.29. The van der Waals surface area contributed by atoms with Crippen molar-refractivity contribution in [2.45, 2.75) is 182 Å². The van der Waals surface area contributed by atoms with E-state index in [0.717, 1.165) is 6.42 Å². The highest BCUT2D eigenvalue weighted by Crippen LogP contribution is 2.33. The molecular formula is C36H66O13. The molecule has 0 radical (unpaired) electrons. The van der Waals surface area contributed by atoms with Crippen molar-refractivity contribution in [2.75, 3.05) is 13.2 Å². The molecule has 0 aliphatic carbocycles. The average Bonchev–Trinajstić information content (AvgIpc) is 3.13. The van der Waals surface area contributed by atoms with Crippen LogP contribution >= 0.6 is 0 Å². The second-order valence-electron chi connectivity index (χ2n) is 11.8. The van der Waals surface area contributed by atoms with Crippen LogP contribution in [0.3, 0.4) is 0 Å². The molecule has 3 unspecified atom stereocenters. The van der Waals surface area contributed by atoms with Crippen LogP contribution in [-0.2, 0) is 52.5 Å². The molecule has 1 rings (SSSR count). The minimum atomic E-state index is -2.70. The number of carbonyl (C=O) groups is 6. The van der Waals surface area contributed by atoms with Crippen LogP contribution in [-0.4, -0.2) is 76.7 Å². The molecule has 0 aromatic heterocycles. The molecule has 0 bridgehead atoms. The lowest BCUT2D eigenvalue weighted by Gasteiger charge is -2.31. The van der Waals surface area contributed by atoms with Gasteiger partial charge >= 0.3 is 35.8 Å². The fraction of sp³-hybridized carbons (Fsp3) is 0.833. The predicted molar refractivity (Wildman–Crippen MR) is 184 cm³/mol. The summed E-state index contributed by atoms with van der Waals surface area (Å²) in [5.74, 6) is -8.91. The fourth-order valence-corrected chi connectivity index (χ4v) is 3.29. The number of unbranched alkanes of at least 4 members (excludes halogenated alkanes) is 5. The highest BCUT2D eigenvalue weighted by molar-refractivity contribution is 5.91.